The molecule has 5 heteroatoms. The molecule has 1 N–H and O–H groups in total. The van der Waals surface area contributed by atoms with Gasteiger partial charge in [0, 0.05) is 39.3 Å². The van der Waals surface area contributed by atoms with Gasteiger partial charge in [-0.05, 0) is 45.9 Å². The van der Waals surface area contributed by atoms with Gasteiger partial charge in [0.05, 0.1) is 6.54 Å². The average molecular weight is 282 g/mol. The van der Waals surface area contributed by atoms with Crippen molar-refractivity contribution in [3.8, 4) is 0 Å². The molecule has 0 radical (unpaired) electrons. The molecule has 0 saturated carbocycles. The first-order valence-electron chi connectivity index (χ1n) is 8.11. The van der Waals surface area contributed by atoms with E-state index < -0.39 is 0 Å². The zero-order valence-electron chi connectivity index (χ0n) is 12.9. The highest BCUT2D eigenvalue weighted by Crippen LogP contribution is 2.04. The van der Waals surface area contributed by atoms with E-state index in [1.54, 1.807) is 6.92 Å². The van der Waals surface area contributed by atoms with Gasteiger partial charge in [-0.3, -0.25) is 9.69 Å². The van der Waals surface area contributed by atoms with Gasteiger partial charge < -0.3 is 15.1 Å². The Hall–Kier alpha value is -0.490. The maximum Gasteiger partial charge on any atom is 0.143 e. The van der Waals surface area contributed by atoms with Crippen molar-refractivity contribution in [2.75, 3.05) is 72.0 Å². The molecule has 3 aliphatic heterocycles. The van der Waals surface area contributed by atoms with Gasteiger partial charge in [0.1, 0.15) is 5.78 Å². The summed E-state index contributed by atoms with van der Waals surface area (Å²) in [4.78, 5) is 18.8. The summed E-state index contributed by atoms with van der Waals surface area (Å²) in [5, 5.41) is 3.51. The lowest BCUT2D eigenvalue weighted by molar-refractivity contribution is -0.118. The number of piperazine rings is 1. The molecule has 0 aromatic carbocycles. The molecule has 3 heterocycles. The molecule has 116 valence electrons. The van der Waals surface area contributed by atoms with Gasteiger partial charge in [-0.15, -0.1) is 0 Å². The quantitative estimate of drug-likeness (QED) is 0.764. The minimum Gasteiger partial charge on any atom is -0.315 e. The van der Waals surface area contributed by atoms with Crippen LogP contribution < -0.4 is 5.32 Å². The van der Waals surface area contributed by atoms with Gasteiger partial charge in [0.2, 0.25) is 0 Å². The van der Waals surface area contributed by atoms with E-state index in [2.05, 4.69) is 20.0 Å². The number of fused-ring (bicyclic) bond motifs is 11. The normalized spacial score (nSPS) is 30.9. The second-order valence-corrected chi connectivity index (χ2v) is 6.12. The van der Waals surface area contributed by atoms with E-state index in [9.17, 15) is 4.79 Å². The highest BCUT2D eigenvalue weighted by atomic mass is 16.1. The van der Waals surface area contributed by atoms with Crippen molar-refractivity contribution in [2.24, 2.45) is 0 Å². The fraction of sp³-hybridized carbons (Fsp3) is 0.933. The second kappa shape index (κ2) is 8.72. The lowest BCUT2D eigenvalue weighted by atomic mass is 10.2. The van der Waals surface area contributed by atoms with Crippen LogP contribution >= 0.6 is 0 Å². The van der Waals surface area contributed by atoms with Gasteiger partial charge in [0.25, 0.3) is 0 Å². The summed E-state index contributed by atoms with van der Waals surface area (Å²) in [5.74, 6) is 0.278. The number of Topliss-reactive ketones (excluding diaryl/α,β-unsaturated/α-hetero) is 1. The van der Waals surface area contributed by atoms with Crippen LogP contribution in [0.1, 0.15) is 19.8 Å². The molecule has 0 aromatic heterocycles. The van der Waals surface area contributed by atoms with Gasteiger partial charge in [-0.1, -0.05) is 0 Å². The highest BCUT2D eigenvalue weighted by molar-refractivity contribution is 5.77. The van der Waals surface area contributed by atoms with Crippen molar-refractivity contribution in [1.29, 1.82) is 0 Å². The summed E-state index contributed by atoms with van der Waals surface area (Å²) in [6.07, 6.45) is 2.40. The van der Waals surface area contributed by atoms with E-state index in [4.69, 9.17) is 0 Å². The highest BCUT2D eigenvalue weighted by Gasteiger charge is 2.17. The third-order valence-electron chi connectivity index (χ3n) is 4.29. The Morgan fingerprint density at radius 2 is 1.50 bits per heavy atom. The molecule has 0 spiro atoms. The average Bonchev–Trinajstić information content (AvgIpc) is 2.43. The molecular formula is C15H30N4O. The van der Waals surface area contributed by atoms with Gasteiger partial charge in [-0.2, -0.15) is 0 Å². The summed E-state index contributed by atoms with van der Waals surface area (Å²) in [7, 11) is 0. The van der Waals surface area contributed by atoms with Gasteiger partial charge in [0.15, 0.2) is 0 Å². The maximum atomic E-state index is 11.3. The van der Waals surface area contributed by atoms with Gasteiger partial charge >= 0.3 is 0 Å². The van der Waals surface area contributed by atoms with Crippen LogP contribution in [-0.2, 0) is 4.79 Å². The van der Waals surface area contributed by atoms with E-state index >= 15 is 0 Å². The predicted octanol–water partition coefficient (Wildman–Crippen LogP) is -0.122. The smallest absolute Gasteiger partial charge is 0.143 e. The fourth-order valence-electron chi connectivity index (χ4n) is 3.13. The first kappa shape index (κ1) is 15.9. The van der Waals surface area contributed by atoms with Crippen LogP contribution in [0.4, 0.5) is 0 Å². The molecule has 3 rings (SSSR count). The van der Waals surface area contributed by atoms with E-state index in [1.165, 1.54) is 52.1 Å². The lowest BCUT2D eigenvalue weighted by Crippen LogP contribution is -2.48. The Morgan fingerprint density at radius 1 is 0.850 bits per heavy atom. The molecule has 0 atom stereocenters. The topological polar surface area (TPSA) is 38.8 Å². The Kier molecular flexibility index (Phi) is 6.93. The standard InChI is InChI=1S/C15H30N4O/c1-15(20)14-19-8-3-7-18-12-10-17(11-13-18)6-2-4-16-5-9-19/h16H,2-14H2,1H3. The van der Waals surface area contributed by atoms with E-state index in [0.29, 0.717) is 6.54 Å². The summed E-state index contributed by atoms with van der Waals surface area (Å²) in [6, 6.07) is 0. The largest absolute Gasteiger partial charge is 0.315 e. The van der Waals surface area contributed by atoms with Crippen molar-refractivity contribution in [1.82, 2.24) is 20.0 Å². The van der Waals surface area contributed by atoms with Crippen molar-refractivity contribution < 1.29 is 4.79 Å². The third-order valence-corrected chi connectivity index (χ3v) is 4.29. The van der Waals surface area contributed by atoms with Crippen molar-refractivity contribution in [2.45, 2.75) is 19.8 Å². The molecule has 3 aliphatic rings. The van der Waals surface area contributed by atoms with E-state index in [-0.39, 0.29) is 5.78 Å². The Balaban J connectivity index is 1.81. The molecule has 0 unspecified atom stereocenters. The zero-order chi connectivity index (χ0) is 14.2. The van der Waals surface area contributed by atoms with Crippen LogP contribution in [0.2, 0.25) is 0 Å². The third kappa shape index (κ3) is 5.87. The molecule has 0 amide bonds. The Bertz CT molecular complexity index is 287. The molecule has 3 fully saturated rings. The molecule has 2 bridgehead atoms. The minimum atomic E-state index is 0.278. The zero-order valence-corrected chi connectivity index (χ0v) is 12.9. The van der Waals surface area contributed by atoms with Crippen LogP contribution in [0.3, 0.4) is 0 Å². The number of ketones is 1. The monoisotopic (exact) mass is 282 g/mol. The van der Waals surface area contributed by atoms with Crippen LogP contribution in [0, 0.1) is 0 Å². The fourth-order valence-corrected chi connectivity index (χ4v) is 3.13. The maximum absolute atomic E-state index is 11.3. The number of carbonyl (C=O) groups excluding carboxylic acids is 1. The van der Waals surface area contributed by atoms with Crippen molar-refractivity contribution in [3.05, 3.63) is 0 Å². The number of hydrogen-bond acceptors (Lipinski definition) is 5. The molecule has 3 saturated heterocycles. The molecule has 5 nitrogen and oxygen atoms in total. The summed E-state index contributed by atoms with van der Waals surface area (Å²) >= 11 is 0. The Labute approximate surface area is 123 Å². The van der Waals surface area contributed by atoms with Crippen molar-refractivity contribution in [3.63, 3.8) is 0 Å². The van der Waals surface area contributed by atoms with Crippen molar-refractivity contribution >= 4 is 5.78 Å². The number of nitrogens with zero attached hydrogens (tertiary/aromatic N) is 3. The predicted molar refractivity (Wildman–Crippen MR) is 82.1 cm³/mol. The Morgan fingerprint density at radius 3 is 2.15 bits per heavy atom. The van der Waals surface area contributed by atoms with Crippen LogP contribution in [0.15, 0.2) is 0 Å². The first-order chi connectivity index (χ1) is 9.74. The van der Waals surface area contributed by atoms with E-state index in [0.717, 1.165) is 26.2 Å². The summed E-state index contributed by atoms with van der Waals surface area (Å²) < 4.78 is 0. The molecule has 0 aromatic rings. The summed E-state index contributed by atoms with van der Waals surface area (Å²) in [5.41, 5.74) is 0. The van der Waals surface area contributed by atoms with Gasteiger partial charge in [-0.25, -0.2) is 0 Å². The second-order valence-electron chi connectivity index (χ2n) is 6.12. The van der Waals surface area contributed by atoms with Crippen LogP contribution in [-0.4, -0.2) is 92.5 Å². The number of hydrogen-bond donors (Lipinski definition) is 1. The minimum absolute atomic E-state index is 0.278. The SMILES string of the molecule is CC(=O)CN1CCCN2CCN(CCCNCC1)CC2. The number of rotatable bonds is 2. The van der Waals surface area contributed by atoms with E-state index in [1.807, 2.05) is 0 Å². The lowest BCUT2D eigenvalue weighted by Gasteiger charge is -2.35. The molecular weight excluding hydrogens is 252 g/mol. The van der Waals surface area contributed by atoms with Crippen LogP contribution in [0.25, 0.3) is 0 Å². The van der Waals surface area contributed by atoms with Crippen LogP contribution in [0.5, 0.6) is 0 Å². The number of nitrogens with one attached hydrogen (secondary N) is 1. The molecule has 0 aliphatic carbocycles. The molecule has 20 heavy (non-hydrogen) atoms. The summed E-state index contributed by atoms with van der Waals surface area (Å²) in [6.45, 7) is 13.7. The first-order valence-corrected chi connectivity index (χ1v) is 8.11. The number of carbonyl (C=O) groups is 1.